The van der Waals surface area contributed by atoms with Crippen LogP contribution in [0.25, 0.3) is 0 Å². The lowest BCUT2D eigenvalue weighted by atomic mass is 10.4. The molecule has 0 bridgehead atoms. The Bertz CT molecular complexity index is 121. The minimum Gasteiger partial charge on any atom is -0.465 e. The Balaban J connectivity index is 3.49. The van der Waals surface area contributed by atoms with Crippen molar-refractivity contribution in [1.82, 2.24) is 10.6 Å². The van der Waals surface area contributed by atoms with Gasteiger partial charge in [-0.05, 0) is 25.5 Å². The number of amides is 1. The summed E-state index contributed by atoms with van der Waals surface area (Å²) < 4.78 is 0. The van der Waals surface area contributed by atoms with E-state index in [1.165, 1.54) is 0 Å². The summed E-state index contributed by atoms with van der Waals surface area (Å²) in [6.07, 6.45) is 1.70. The summed E-state index contributed by atoms with van der Waals surface area (Å²) in [5, 5.41) is 13.6. The van der Waals surface area contributed by atoms with Crippen LogP contribution >= 0.6 is 11.8 Å². The summed E-state index contributed by atoms with van der Waals surface area (Å²) in [4.78, 5) is 10.2. The van der Waals surface area contributed by atoms with E-state index in [1.54, 1.807) is 18.8 Å². The van der Waals surface area contributed by atoms with Gasteiger partial charge in [0.2, 0.25) is 0 Å². The standard InChI is InChI=1S/C6H14N2O2S/c1-7-5(3-4-11-2)8-6(9)10/h5,7-8H,3-4H2,1-2H3,(H,9,10). The summed E-state index contributed by atoms with van der Waals surface area (Å²) in [5.41, 5.74) is 0. The number of carboxylic acid groups (broad SMARTS) is 1. The fourth-order valence-electron chi connectivity index (χ4n) is 0.673. The molecule has 0 saturated carbocycles. The summed E-state index contributed by atoms with van der Waals surface area (Å²) in [7, 11) is 1.74. The number of carbonyl (C=O) groups is 1. The van der Waals surface area contributed by atoms with Gasteiger partial charge in [0, 0.05) is 0 Å². The second-order valence-corrected chi connectivity index (χ2v) is 3.06. The molecule has 0 aromatic rings. The molecule has 0 aromatic heterocycles. The Morgan fingerprint density at radius 1 is 1.73 bits per heavy atom. The Kier molecular flexibility index (Phi) is 6.06. The van der Waals surface area contributed by atoms with Crippen LogP contribution < -0.4 is 10.6 Å². The molecule has 0 aliphatic rings. The fourth-order valence-corrected chi connectivity index (χ4v) is 1.14. The van der Waals surface area contributed by atoms with Gasteiger partial charge < -0.3 is 15.7 Å². The van der Waals surface area contributed by atoms with Gasteiger partial charge in [-0.15, -0.1) is 0 Å². The van der Waals surface area contributed by atoms with Crippen LogP contribution in [0.1, 0.15) is 6.42 Å². The third-order valence-corrected chi connectivity index (χ3v) is 1.90. The summed E-state index contributed by atoms with van der Waals surface area (Å²) in [6, 6.07) is 0. The SMILES string of the molecule is CNC(CCSC)NC(=O)O. The second kappa shape index (κ2) is 6.30. The largest absolute Gasteiger partial charge is 0.465 e. The lowest BCUT2D eigenvalue weighted by Gasteiger charge is -2.14. The van der Waals surface area contributed by atoms with Crippen LogP contribution in [0, 0.1) is 0 Å². The lowest BCUT2D eigenvalue weighted by molar-refractivity contribution is 0.187. The van der Waals surface area contributed by atoms with Gasteiger partial charge in [-0.25, -0.2) is 4.79 Å². The molecular weight excluding hydrogens is 164 g/mol. The predicted molar refractivity (Wildman–Crippen MR) is 47.0 cm³/mol. The van der Waals surface area contributed by atoms with Gasteiger partial charge in [0.15, 0.2) is 0 Å². The molecule has 0 aromatic carbocycles. The van der Waals surface area contributed by atoms with Gasteiger partial charge in [-0.2, -0.15) is 11.8 Å². The molecule has 0 rings (SSSR count). The van der Waals surface area contributed by atoms with Gasteiger partial charge in [0.25, 0.3) is 0 Å². The van der Waals surface area contributed by atoms with E-state index in [0.29, 0.717) is 0 Å². The van der Waals surface area contributed by atoms with Crippen LogP contribution in [0.5, 0.6) is 0 Å². The number of hydrogen-bond acceptors (Lipinski definition) is 3. The van der Waals surface area contributed by atoms with Crippen molar-refractivity contribution in [2.24, 2.45) is 0 Å². The minimum absolute atomic E-state index is 0.125. The average Bonchev–Trinajstić information content (AvgIpc) is 1.97. The maximum atomic E-state index is 10.2. The molecule has 1 atom stereocenters. The smallest absolute Gasteiger partial charge is 0.405 e. The molecule has 0 saturated heterocycles. The number of hydrogen-bond donors (Lipinski definition) is 3. The first-order chi connectivity index (χ1) is 5.20. The Morgan fingerprint density at radius 2 is 2.36 bits per heavy atom. The molecule has 0 heterocycles. The molecule has 3 N–H and O–H groups in total. The third kappa shape index (κ3) is 6.00. The van der Waals surface area contributed by atoms with Crippen LogP contribution in [-0.2, 0) is 0 Å². The van der Waals surface area contributed by atoms with Gasteiger partial charge in [0.1, 0.15) is 0 Å². The molecule has 4 nitrogen and oxygen atoms in total. The van der Waals surface area contributed by atoms with Crippen LogP contribution in [0.2, 0.25) is 0 Å². The Morgan fingerprint density at radius 3 is 2.73 bits per heavy atom. The molecule has 1 unspecified atom stereocenters. The lowest BCUT2D eigenvalue weighted by Crippen LogP contribution is -2.43. The third-order valence-electron chi connectivity index (χ3n) is 1.26. The van der Waals surface area contributed by atoms with Gasteiger partial charge in [0.05, 0.1) is 6.17 Å². The summed E-state index contributed by atoms with van der Waals surface area (Å²) in [5.74, 6) is 0.950. The van der Waals surface area contributed by atoms with Crippen molar-refractivity contribution in [3.8, 4) is 0 Å². The molecule has 0 fully saturated rings. The van der Waals surface area contributed by atoms with E-state index >= 15 is 0 Å². The van der Waals surface area contributed by atoms with Crippen molar-refractivity contribution in [3.63, 3.8) is 0 Å². The minimum atomic E-state index is -0.981. The highest BCUT2D eigenvalue weighted by Crippen LogP contribution is 1.97. The molecule has 0 aliphatic heterocycles. The zero-order chi connectivity index (χ0) is 8.69. The van der Waals surface area contributed by atoms with E-state index in [-0.39, 0.29) is 6.17 Å². The molecule has 66 valence electrons. The first-order valence-electron chi connectivity index (χ1n) is 3.36. The predicted octanol–water partition coefficient (Wildman–Crippen LogP) is 0.553. The monoisotopic (exact) mass is 178 g/mol. The van der Waals surface area contributed by atoms with Crippen molar-refractivity contribution in [2.45, 2.75) is 12.6 Å². The molecule has 0 spiro atoms. The second-order valence-electron chi connectivity index (χ2n) is 2.07. The van der Waals surface area contributed by atoms with Crippen LogP contribution in [-0.4, -0.2) is 36.4 Å². The van der Waals surface area contributed by atoms with Crippen molar-refractivity contribution in [3.05, 3.63) is 0 Å². The zero-order valence-corrected chi connectivity index (χ0v) is 7.57. The van der Waals surface area contributed by atoms with Gasteiger partial charge in [-0.1, -0.05) is 0 Å². The first kappa shape index (κ1) is 10.6. The first-order valence-corrected chi connectivity index (χ1v) is 4.75. The van der Waals surface area contributed by atoms with E-state index in [0.717, 1.165) is 12.2 Å². The quantitative estimate of drug-likeness (QED) is 0.538. The maximum absolute atomic E-state index is 10.2. The van der Waals surface area contributed by atoms with E-state index in [2.05, 4.69) is 10.6 Å². The van der Waals surface area contributed by atoms with Gasteiger partial charge >= 0.3 is 6.09 Å². The number of rotatable bonds is 5. The van der Waals surface area contributed by atoms with Gasteiger partial charge in [-0.3, -0.25) is 0 Å². The average molecular weight is 178 g/mol. The summed E-state index contributed by atoms with van der Waals surface area (Å²) >= 11 is 1.70. The highest BCUT2D eigenvalue weighted by atomic mass is 32.2. The molecule has 0 aliphatic carbocycles. The van der Waals surface area contributed by atoms with Crippen molar-refractivity contribution < 1.29 is 9.90 Å². The molecular formula is C6H14N2O2S. The molecule has 0 radical (unpaired) electrons. The number of thioether (sulfide) groups is 1. The van der Waals surface area contributed by atoms with Crippen LogP contribution in [0.4, 0.5) is 4.79 Å². The molecule has 1 amide bonds. The topological polar surface area (TPSA) is 61.4 Å². The van der Waals surface area contributed by atoms with E-state index in [1.807, 2.05) is 6.26 Å². The molecule has 11 heavy (non-hydrogen) atoms. The zero-order valence-electron chi connectivity index (χ0n) is 6.76. The van der Waals surface area contributed by atoms with E-state index in [4.69, 9.17) is 5.11 Å². The van der Waals surface area contributed by atoms with Crippen LogP contribution in [0.3, 0.4) is 0 Å². The fraction of sp³-hybridized carbons (Fsp3) is 0.833. The Hall–Kier alpha value is -0.420. The highest BCUT2D eigenvalue weighted by Gasteiger charge is 2.06. The van der Waals surface area contributed by atoms with E-state index < -0.39 is 6.09 Å². The number of nitrogens with one attached hydrogen (secondary N) is 2. The Labute approximate surface area is 70.7 Å². The molecule has 5 heteroatoms. The van der Waals surface area contributed by atoms with Crippen molar-refractivity contribution >= 4 is 17.9 Å². The maximum Gasteiger partial charge on any atom is 0.405 e. The normalized spacial score (nSPS) is 12.5. The van der Waals surface area contributed by atoms with Crippen molar-refractivity contribution in [2.75, 3.05) is 19.1 Å². The highest BCUT2D eigenvalue weighted by molar-refractivity contribution is 7.98. The van der Waals surface area contributed by atoms with E-state index in [9.17, 15) is 4.79 Å². The van der Waals surface area contributed by atoms with Crippen molar-refractivity contribution in [1.29, 1.82) is 0 Å². The van der Waals surface area contributed by atoms with Crippen LogP contribution in [0.15, 0.2) is 0 Å². The summed E-state index contributed by atoms with van der Waals surface area (Å²) in [6.45, 7) is 0.